The van der Waals surface area contributed by atoms with Crippen LogP contribution in [-0.2, 0) is 6.42 Å². The van der Waals surface area contributed by atoms with Gasteiger partial charge in [-0.05, 0) is 64.1 Å². The van der Waals surface area contributed by atoms with Gasteiger partial charge in [0.25, 0.3) is 0 Å². The molecule has 0 atom stereocenters. The van der Waals surface area contributed by atoms with Crippen LogP contribution in [0.2, 0.25) is 0 Å². The van der Waals surface area contributed by atoms with Crippen LogP contribution in [0.4, 0.5) is 11.4 Å². The maximum Gasteiger partial charge on any atom is 0.0387 e. The zero-order valence-corrected chi connectivity index (χ0v) is 14.4. The van der Waals surface area contributed by atoms with Crippen molar-refractivity contribution in [2.24, 2.45) is 0 Å². The minimum absolute atomic E-state index is 1.02. The van der Waals surface area contributed by atoms with Gasteiger partial charge in [-0.3, -0.25) is 0 Å². The maximum absolute atomic E-state index is 3.54. The molecule has 4 aromatic carbocycles. The van der Waals surface area contributed by atoms with E-state index in [-0.39, 0.29) is 0 Å². The standard InChI is InChI=1S/C25H19N/c1-2-6-18(7-3-1)19-10-12-22(13-11-19)26-23-14-15-25-21(17-23)16-20-8-4-5-9-24(20)25/h1-15,17,26H,16H2. The fraction of sp³-hybridized carbons (Fsp3) is 0.0400. The van der Waals surface area contributed by atoms with Gasteiger partial charge in [-0.2, -0.15) is 0 Å². The third-order valence-corrected chi connectivity index (χ3v) is 5.07. The van der Waals surface area contributed by atoms with Crippen molar-refractivity contribution in [2.45, 2.75) is 6.42 Å². The summed E-state index contributed by atoms with van der Waals surface area (Å²) >= 11 is 0. The van der Waals surface area contributed by atoms with Crippen LogP contribution in [-0.4, -0.2) is 0 Å². The second kappa shape index (κ2) is 6.20. The van der Waals surface area contributed by atoms with Crippen molar-refractivity contribution in [1.29, 1.82) is 0 Å². The lowest BCUT2D eigenvalue weighted by Crippen LogP contribution is -1.92. The lowest BCUT2D eigenvalue weighted by atomic mass is 10.0. The Kier molecular flexibility index (Phi) is 3.57. The molecule has 0 saturated heterocycles. The summed E-state index contributed by atoms with van der Waals surface area (Å²) in [5, 5.41) is 3.54. The molecular weight excluding hydrogens is 314 g/mol. The SMILES string of the molecule is c1ccc(-c2ccc(Nc3ccc4c(c3)Cc3ccccc3-4)cc2)cc1. The Hall–Kier alpha value is -3.32. The van der Waals surface area contributed by atoms with Crippen LogP contribution < -0.4 is 5.32 Å². The average molecular weight is 333 g/mol. The molecule has 1 aliphatic rings. The van der Waals surface area contributed by atoms with Gasteiger partial charge in [-0.1, -0.05) is 72.8 Å². The van der Waals surface area contributed by atoms with Crippen LogP contribution in [0.1, 0.15) is 11.1 Å². The van der Waals surface area contributed by atoms with E-state index in [0.29, 0.717) is 0 Å². The van der Waals surface area contributed by atoms with Crippen molar-refractivity contribution in [3.8, 4) is 22.3 Å². The second-order valence-electron chi connectivity index (χ2n) is 6.77. The molecule has 4 aromatic rings. The summed E-state index contributed by atoms with van der Waals surface area (Å²) in [6.07, 6.45) is 1.02. The Labute approximate surface area is 154 Å². The molecule has 5 rings (SSSR count). The van der Waals surface area contributed by atoms with Crippen LogP contribution in [0.3, 0.4) is 0 Å². The van der Waals surface area contributed by atoms with Gasteiger partial charge < -0.3 is 5.32 Å². The van der Waals surface area contributed by atoms with Gasteiger partial charge in [-0.25, -0.2) is 0 Å². The molecule has 0 radical (unpaired) electrons. The van der Waals surface area contributed by atoms with E-state index in [4.69, 9.17) is 0 Å². The zero-order valence-electron chi connectivity index (χ0n) is 14.4. The van der Waals surface area contributed by atoms with Crippen LogP contribution in [0.5, 0.6) is 0 Å². The molecular formula is C25H19N. The number of nitrogens with one attached hydrogen (secondary N) is 1. The molecule has 1 heteroatoms. The molecule has 0 unspecified atom stereocenters. The summed E-state index contributed by atoms with van der Waals surface area (Å²) in [4.78, 5) is 0. The Morgan fingerprint density at radius 3 is 2.00 bits per heavy atom. The lowest BCUT2D eigenvalue weighted by molar-refractivity contribution is 1.26. The minimum Gasteiger partial charge on any atom is -0.356 e. The summed E-state index contributed by atoms with van der Waals surface area (Å²) in [6.45, 7) is 0. The van der Waals surface area contributed by atoms with Gasteiger partial charge in [0.2, 0.25) is 0 Å². The topological polar surface area (TPSA) is 12.0 Å². The van der Waals surface area contributed by atoms with E-state index in [0.717, 1.165) is 17.8 Å². The molecule has 0 heterocycles. The number of rotatable bonds is 3. The third-order valence-electron chi connectivity index (χ3n) is 5.07. The third kappa shape index (κ3) is 2.68. The Morgan fingerprint density at radius 2 is 1.15 bits per heavy atom. The van der Waals surface area contributed by atoms with Crippen molar-refractivity contribution < 1.29 is 0 Å². The predicted molar refractivity (Wildman–Crippen MR) is 110 cm³/mol. The van der Waals surface area contributed by atoms with E-state index in [9.17, 15) is 0 Å². The highest BCUT2D eigenvalue weighted by Crippen LogP contribution is 2.38. The molecule has 1 N–H and O–H groups in total. The van der Waals surface area contributed by atoms with Crippen LogP contribution >= 0.6 is 0 Å². The van der Waals surface area contributed by atoms with Gasteiger partial charge in [0, 0.05) is 11.4 Å². The van der Waals surface area contributed by atoms with E-state index in [1.54, 1.807) is 0 Å². The van der Waals surface area contributed by atoms with E-state index in [2.05, 4.69) is 96.3 Å². The first-order valence-electron chi connectivity index (χ1n) is 9.00. The monoisotopic (exact) mass is 333 g/mol. The second-order valence-corrected chi connectivity index (χ2v) is 6.77. The molecule has 0 fully saturated rings. The summed E-state index contributed by atoms with van der Waals surface area (Å²) in [5.74, 6) is 0. The van der Waals surface area contributed by atoms with E-state index in [1.807, 2.05) is 6.07 Å². The van der Waals surface area contributed by atoms with Crippen molar-refractivity contribution in [2.75, 3.05) is 5.32 Å². The Balaban J connectivity index is 1.38. The van der Waals surface area contributed by atoms with Crippen LogP contribution in [0.25, 0.3) is 22.3 Å². The highest BCUT2D eigenvalue weighted by atomic mass is 14.9. The number of fused-ring (bicyclic) bond motifs is 3. The summed E-state index contributed by atoms with van der Waals surface area (Å²) in [7, 11) is 0. The predicted octanol–water partition coefficient (Wildman–Crippen LogP) is 6.67. The maximum atomic E-state index is 3.54. The molecule has 1 nitrogen and oxygen atoms in total. The summed E-state index contributed by atoms with van der Waals surface area (Å²) < 4.78 is 0. The molecule has 0 spiro atoms. The van der Waals surface area contributed by atoms with Crippen molar-refractivity contribution in [3.63, 3.8) is 0 Å². The summed E-state index contributed by atoms with van der Waals surface area (Å²) in [6, 6.07) is 34.5. The molecule has 124 valence electrons. The van der Waals surface area contributed by atoms with E-state index in [1.165, 1.54) is 33.4 Å². The first kappa shape index (κ1) is 15.0. The van der Waals surface area contributed by atoms with Crippen molar-refractivity contribution >= 4 is 11.4 Å². The first-order chi connectivity index (χ1) is 12.9. The van der Waals surface area contributed by atoms with Gasteiger partial charge in [0.1, 0.15) is 0 Å². The molecule has 0 bridgehead atoms. The smallest absolute Gasteiger partial charge is 0.0387 e. The van der Waals surface area contributed by atoms with Gasteiger partial charge in [0.05, 0.1) is 0 Å². The number of hydrogen-bond donors (Lipinski definition) is 1. The molecule has 0 aliphatic heterocycles. The highest BCUT2D eigenvalue weighted by Gasteiger charge is 2.17. The summed E-state index contributed by atoms with van der Waals surface area (Å²) in [5.41, 5.74) is 10.3. The largest absolute Gasteiger partial charge is 0.356 e. The molecule has 0 aromatic heterocycles. The van der Waals surface area contributed by atoms with Gasteiger partial charge in [-0.15, -0.1) is 0 Å². The number of anilines is 2. The van der Waals surface area contributed by atoms with Crippen LogP contribution in [0.15, 0.2) is 97.1 Å². The first-order valence-corrected chi connectivity index (χ1v) is 9.00. The zero-order chi connectivity index (χ0) is 17.3. The van der Waals surface area contributed by atoms with Gasteiger partial charge in [0.15, 0.2) is 0 Å². The quantitative estimate of drug-likeness (QED) is 0.389. The van der Waals surface area contributed by atoms with E-state index >= 15 is 0 Å². The van der Waals surface area contributed by atoms with E-state index < -0.39 is 0 Å². The number of benzene rings is 4. The van der Waals surface area contributed by atoms with Crippen molar-refractivity contribution in [1.82, 2.24) is 0 Å². The Bertz CT molecular complexity index is 1060. The molecule has 0 saturated carbocycles. The lowest BCUT2D eigenvalue weighted by Gasteiger charge is -2.10. The molecule has 1 aliphatic carbocycles. The number of hydrogen-bond acceptors (Lipinski definition) is 1. The van der Waals surface area contributed by atoms with Crippen LogP contribution in [0, 0.1) is 0 Å². The fourth-order valence-electron chi connectivity index (χ4n) is 3.77. The molecule has 26 heavy (non-hydrogen) atoms. The average Bonchev–Trinajstić information content (AvgIpc) is 3.07. The molecule has 0 amide bonds. The highest BCUT2D eigenvalue weighted by molar-refractivity contribution is 5.79. The Morgan fingerprint density at radius 1 is 0.500 bits per heavy atom. The van der Waals surface area contributed by atoms with Crippen molar-refractivity contribution in [3.05, 3.63) is 108 Å². The minimum atomic E-state index is 1.02. The fourth-order valence-corrected chi connectivity index (χ4v) is 3.77. The van der Waals surface area contributed by atoms with Gasteiger partial charge >= 0.3 is 0 Å². The normalized spacial score (nSPS) is 11.7.